The van der Waals surface area contributed by atoms with E-state index in [0.29, 0.717) is 12.1 Å². The van der Waals surface area contributed by atoms with Crippen molar-refractivity contribution in [3.63, 3.8) is 0 Å². The number of benzene rings is 1. The molecule has 0 bridgehead atoms. The Labute approximate surface area is 136 Å². The van der Waals surface area contributed by atoms with Crippen LogP contribution in [-0.2, 0) is 17.8 Å². The number of fused-ring (bicyclic) bond motifs is 1. The van der Waals surface area contributed by atoms with Gasteiger partial charge in [0.15, 0.2) is 0 Å². The molecule has 0 aliphatic carbocycles. The monoisotopic (exact) mass is 313 g/mol. The number of aromatic nitrogens is 3. The molecule has 0 N–H and O–H groups in total. The van der Waals surface area contributed by atoms with Crippen LogP contribution in [0.5, 0.6) is 0 Å². The van der Waals surface area contributed by atoms with Gasteiger partial charge in [0.2, 0.25) is 0 Å². The first-order valence-corrected chi connectivity index (χ1v) is 8.33. The van der Waals surface area contributed by atoms with Gasteiger partial charge in [0.1, 0.15) is 12.7 Å². The van der Waals surface area contributed by atoms with E-state index in [0.717, 1.165) is 45.9 Å². The molecule has 2 aliphatic rings. The van der Waals surface area contributed by atoms with Crippen LogP contribution in [0.15, 0.2) is 43.0 Å². The van der Waals surface area contributed by atoms with Gasteiger partial charge in [-0.3, -0.25) is 14.5 Å². The van der Waals surface area contributed by atoms with E-state index in [1.807, 2.05) is 4.68 Å². The summed E-state index contributed by atoms with van der Waals surface area (Å²) in [5, 5.41) is 4.18. The second-order valence-electron chi connectivity index (χ2n) is 6.35. The van der Waals surface area contributed by atoms with Crippen molar-refractivity contribution < 1.29 is 4.74 Å². The lowest BCUT2D eigenvalue weighted by Crippen LogP contribution is -2.50. The molecule has 2 saturated heterocycles. The highest BCUT2D eigenvalue weighted by Crippen LogP contribution is 2.24. The molecule has 2 fully saturated rings. The van der Waals surface area contributed by atoms with E-state index in [4.69, 9.17) is 4.74 Å². The molecule has 4 rings (SSSR count). The summed E-state index contributed by atoms with van der Waals surface area (Å²) in [5.41, 5.74) is 1.38. The Bertz CT molecular complexity index is 603. The number of ether oxygens (including phenoxy) is 1. The molecule has 1 aromatic carbocycles. The Balaban J connectivity index is 1.36. The lowest BCUT2D eigenvalue weighted by molar-refractivity contribution is -0.0504. The lowest BCUT2D eigenvalue weighted by Gasteiger charge is -2.37. The zero-order valence-electron chi connectivity index (χ0n) is 13.3. The fourth-order valence-corrected chi connectivity index (χ4v) is 3.62. The van der Waals surface area contributed by atoms with E-state index in [9.17, 15) is 0 Å². The third-order valence-corrected chi connectivity index (χ3v) is 4.83. The highest BCUT2D eigenvalue weighted by Gasteiger charge is 2.39. The first kappa shape index (κ1) is 14.8. The fourth-order valence-electron chi connectivity index (χ4n) is 3.62. The Morgan fingerprint density at radius 3 is 2.87 bits per heavy atom. The summed E-state index contributed by atoms with van der Waals surface area (Å²) in [6.45, 7) is 6.86. The van der Waals surface area contributed by atoms with E-state index in [1.54, 1.807) is 12.7 Å². The van der Waals surface area contributed by atoms with Gasteiger partial charge < -0.3 is 4.74 Å². The predicted molar refractivity (Wildman–Crippen MR) is 86.8 cm³/mol. The third kappa shape index (κ3) is 3.44. The highest BCUT2D eigenvalue weighted by atomic mass is 16.5. The van der Waals surface area contributed by atoms with E-state index in [1.165, 1.54) is 5.56 Å². The van der Waals surface area contributed by atoms with Crippen molar-refractivity contribution in [1.29, 1.82) is 0 Å². The Hall–Kier alpha value is -1.76. The number of nitrogens with zero attached hydrogens (tertiary/aromatic N) is 5. The van der Waals surface area contributed by atoms with Crippen LogP contribution in [0.3, 0.4) is 0 Å². The van der Waals surface area contributed by atoms with Crippen LogP contribution >= 0.6 is 0 Å². The second kappa shape index (κ2) is 6.78. The van der Waals surface area contributed by atoms with Gasteiger partial charge in [0.05, 0.1) is 25.3 Å². The van der Waals surface area contributed by atoms with Gasteiger partial charge in [-0.15, -0.1) is 0 Å². The Kier molecular flexibility index (Phi) is 4.37. The summed E-state index contributed by atoms with van der Waals surface area (Å²) >= 11 is 0. The largest absolute Gasteiger partial charge is 0.374 e. The molecule has 0 amide bonds. The molecular weight excluding hydrogens is 290 g/mol. The number of hydrogen-bond donors (Lipinski definition) is 0. The molecule has 2 atom stereocenters. The fraction of sp³-hybridized carbons (Fsp3) is 0.529. The van der Waals surface area contributed by atoms with Crippen LogP contribution in [0.25, 0.3) is 0 Å². The van der Waals surface area contributed by atoms with E-state index in [-0.39, 0.29) is 0 Å². The Morgan fingerprint density at radius 1 is 1.13 bits per heavy atom. The molecule has 0 unspecified atom stereocenters. The quantitative estimate of drug-likeness (QED) is 0.819. The standard InChI is InChI=1S/C17H23N5O/c1-2-4-15(5-3-1)10-21-8-9-23-17-12-20(11-16(17)21)6-7-22-14-18-13-19-22/h1-5,13-14,16-17H,6-12H2/t16-,17+/m1/s1. The molecule has 1 aromatic heterocycles. The molecule has 0 radical (unpaired) electrons. The molecule has 6 nitrogen and oxygen atoms in total. The number of likely N-dealkylation sites (tertiary alicyclic amines) is 1. The predicted octanol–water partition coefficient (Wildman–Crippen LogP) is 0.863. The maximum atomic E-state index is 6.02. The molecule has 2 aromatic rings. The van der Waals surface area contributed by atoms with Crippen LogP contribution in [0.4, 0.5) is 0 Å². The SMILES string of the molecule is c1ccc(CN2CCO[C@H]3CN(CCn4cncn4)C[C@H]32)cc1. The van der Waals surface area contributed by atoms with Crippen molar-refractivity contribution >= 4 is 0 Å². The Morgan fingerprint density at radius 2 is 2.04 bits per heavy atom. The first-order chi connectivity index (χ1) is 11.4. The average molecular weight is 313 g/mol. The van der Waals surface area contributed by atoms with Crippen molar-refractivity contribution in [2.45, 2.75) is 25.2 Å². The second-order valence-corrected chi connectivity index (χ2v) is 6.35. The molecule has 2 aliphatic heterocycles. The normalized spacial score (nSPS) is 25.6. The minimum absolute atomic E-state index is 0.336. The van der Waals surface area contributed by atoms with Gasteiger partial charge in [-0.1, -0.05) is 30.3 Å². The van der Waals surface area contributed by atoms with Crippen molar-refractivity contribution in [1.82, 2.24) is 24.6 Å². The average Bonchev–Trinajstić information content (AvgIpc) is 3.23. The van der Waals surface area contributed by atoms with Crippen molar-refractivity contribution in [3.05, 3.63) is 48.5 Å². The van der Waals surface area contributed by atoms with Crippen LogP contribution in [0.2, 0.25) is 0 Å². The van der Waals surface area contributed by atoms with Crippen molar-refractivity contribution in [2.75, 3.05) is 32.8 Å². The zero-order valence-corrected chi connectivity index (χ0v) is 13.3. The zero-order chi connectivity index (χ0) is 15.5. The van der Waals surface area contributed by atoms with E-state index in [2.05, 4.69) is 50.2 Å². The smallest absolute Gasteiger partial charge is 0.137 e. The summed E-state index contributed by atoms with van der Waals surface area (Å²) in [7, 11) is 0. The van der Waals surface area contributed by atoms with Crippen LogP contribution in [-0.4, -0.2) is 69.5 Å². The van der Waals surface area contributed by atoms with E-state index >= 15 is 0 Å². The molecule has 122 valence electrons. The number of morpholine rings is 1. The first-order valence-electron chi connectivity index (χ1n) is 8.33. The highest BCUT2D eigenvalue weighted by molar-refractivity contribution is 5.15. The lowest BCUT2D eigenvalue weighted by atomic mass is 10.1. The third-order valence-electron chi connectivity index (χ3n) is 4.83. The summed E-state index contributed by atoms with van der Waals surface area (Å²) in [6.07, 6.45) is 3.71. The minimum Gasteiger partial charge on any atom is -0.374 e. The molecule has 0 spiro atoms. The van der Waals surface area contributed by atoms with Gasteiger partial charge in [0, 0.05) is 32.7 Å². The maximum Gasteiger partial charge on any atom is 0.137 e. The van der Waals surface area contributed by atoms with Crippen LogP contribution in [0.1, 0.15) is 5.56 Å². The van der Waals surface area contributed by atoms with Crippen LogP contribution < -0.4 is 0 Å². The summed E-state index contributed by atoms with van der Waals surface area (Å²) in [6, 6.07) is 11.2. The van der Waals surface area contributed by atoms with Crippen molar-refractivity contribution in [3.8, 4) is 0 Å². The summed E-state index contributed by atoms with van der Waals surface area (Å²) in [5.74, 6) is 0. The number of rotatable bonds is 5. The van der Waals surface area contributed by atoms with Gasteiger partial charge in [0.25, 0.3) is 0 Å². The minimum atomic E-state index is 0.336. The molecule has 6 heteroatoms. The topological polar surface area (TPSA) is 46.4 Å². The number of hydrogen-bond acceptors (Lipinski definition) is 5. The van der Waals surface area contributed by atoms with Crippen LogP contribution in [0, 0.1) is 0 Å². The van der Waals surface area contributed by atoms with Gasteiger partial charge in [-0.25, -0.2) is 4.98 Å². The van der Waals surface area contributed by atoms with Gasteiger partial charge in [-0.05, 0) is 5.56 Å². The van der Waals surface area contributed by atoms with E-state index < -0.39 is 0 Å². The molecule has 23 heavy (non-hydrogen) atoms. The summed E-state index contributed by atoms with van der Waals surface area (Å²) < 4.78 is 7.91. The summed E-state index contributed by atoms with van der Waals surface area (Å²) in [4.78, 5) is 9.07. The van der Waals surface area contributed by atoms with Crippen molar-refractivity contribution in [2.24, 2.45) is 0 Å². The van der Waals surface area contributed by atoms with Gasteiger partial charge in [-0.2, -0.15) is 5.10 Å². The maximum absolute atomic E-state index is 6.02. The van der Waals surface area contributed by atoms with Gasteiger partial charge >= 0.3 is 0 Å². The molecule has 3 heterocycles. The molecular formula is C17H23N5O. The molecule has 0 saturated carbocycles.